The predicted octanol–water partition coefficient (Wildman–Crippen LogP) is 3.97. The average Bonchev–Trinajstić information content (AvgIpc) is 2.95. The van der Waals surface area contributed by atoms with Crippen LogP contribution < -0.4 is 4.90 Å². The van der Waals surface area contributed by atoms with E-state index in [2.05, 4.69) is 4.98 Å². The molecule has 2 aromatic carbocycles. The Kier molecular flexibility index (Phi) is 3.79. The highest BCUT2D eigenvalue weighted by Crippen LogP contribution is 2.22. The van der Waals surface area contributed by atoms with Crippen LogP contribution in [-0.4, -0.2) is 17.9 Å². The van der Waals surface area contributed by atoms with E-state index in [-0.39, 0.29) is 5.91 Å². The molecule has 1 aromatic heterocycles. The molecule has 0 radical (unpaired) electrons. The van der Waals surface area contributed by atoms with Crippen molar-refractivity contribution in [2.75, 3.05) is 11.9 Å². The van der Waals surface area contributed by atoms with Gasteiger partial charge in [0.05, 0.1) is 10.2 Å². The maximum Gasteiger partial charge on any atom is 0.250 e. The molecule has 0 unspecified atom stereocenters. The molecule has 104 valence electrons. The number of nitrogens with zero attached hydrogens (tertiary/aromatic N) is 2. The van der Waals surface area contributed by atoms with Crippen molar-refractivity contribution in [3.63, 3.8) is 0 Å². The van der Waals surface area contributed by atoms with Crippen molar-refractivity contribution in [3.05, 3.63) is 65.7 Å². The topological polar surface area (TPSA) is 33.2 Å². The number of rotatable bonds is 3. The van der Waals surface area contributed by atoms with Crippen molar-refractivity contribution in [1.29, 1.82) is 0 Å². The van der Waals surface area contributed by atoms with Crippen LogP contribution in [0.3, 0.4) is 0 Å². The minimum absolute atomic E-state index is 0.0690. The van der Waals surface area contributed by atoms with E-state index in [4.69, 9.17) is 0 Å². The summed E-state index contributed by atoms with van der Waals surface area (Å²) >= 11 is 1.58. The van der Waals surface area contributed by atoms with Gasteiger partial charge in [0, 0.05) is 18.8 Å². The molecule has 3 aromatic rings. The Hall–Kier alpha value is -2.46. The fraction of sp³-hybridized carbons (Fsp3) is 0.0588. The number of amides is 1. The molecule has 0 N–H and O–H groups in total. The summed E-state index contributed by atoms with van der Waals surface area (Å²) in [6.07, 6.45) is 3.33. The zero-order valence-corrected chi connectivity index (χ0v) is 12.4. The number of carbonyl (C=O) groups excluding carboxylic acids is 1. The Bertz CT molecular complexity index is 760. The van der Waals surface area contributed by atoms with Crippen molar-refractivity contribution in [1.82, 2.24) is 4.98 Å². The Morgan fingerprint density at radius 3 is 2.57 bits per heavy atom. The third-order valence-electron chi connectivity index (χ3n) is 3.15. The SMILES string of the molecule is CN(C(=O)/C=C/c1nc2ccccc2s1)c1ccccc1. The van der Waals surface area contributed by atoms with E-state index in [1.54, 1.807) is 35.4 Å². The van der Waals surface area contributed by atoms with Crippen molar-refractivity contribution in [3.8, 4) is 0 Å². The van der Waals surface area contributed by atoms with E-state index in [1.165, 1.54) is 0 Å². The first-order chi connectivity index (χ1) is 10.2. The van der Waals surface area contributed by atoms with Gasteiger partial charge in [0.2, 0.25) is 0 Å². The maximum absolute atomic E-state index is 12.1. The summed E-state index contributed by atoms with van der Waals surface area (Å²) in [5, 5.41) is 0.839. The van der Waals surface area contributed by atoms with Gasteiger partial charge >= 0.3 is 0 Å². The molecule has 0 aliphatic rings. The first kappa shape index (κ1) is 13.5. The van der Waals surface area contributed by atoms with E-state index < -0.39 is 0 Å². The first-order valence-corrected chi connectivity index (χ1v) is 7.42. The van der Waals surface area contributed by atoms with Crippen molar-refractivity contribution in [2.45, 2.75) is 0 Å². The minimum Gasteiger partial charge on any atom is -0.312 e. The van der Waals surface area contributed by atoms with E-state index in [0.717, 1.165) is 20.9 Å². The highest BCUT2D eigenvalue weighted by molar-refractivity contribution is 7.19. The monoisotopic (exact) mass is 294 g/mol. The van der Waals surface area contributed by atoms with Gasteiger partial charge in [0.25, 0.3) is 5.91 Å². The quantitative estimate of drug-likeness (QED) is 0.685. The molecule has 0 aliphatic heterocycles. The number of benzene rings is 2. The number of thiazole rings is 1. The third kappa shape index (κ3) is 3.01. The predicted molar refractivity (Wildman–Crippen MR) is 88.5 cm³/mol. The van der Waals surface area contributed by atoms with Gasteiger partial charge in [-0.2, -0.15) is 0 Å². The average molecular weight is 294 g/mol. The van der Waals surface area contributed by atoms with Crippen LogP contribution in [0, 0.1) is 0 Å². The van der Waals surface area contributed by atoms with Gasteiger partial charge < -0.3 is 4.90 Å². The van der Waals surface area contributed by atoms with Crippen LogP contribution in [0.5, 0.6) is 0 Å². The van der Waals surface area contributed by atoms with Gasteiger partial charge in [-0.05, 0) is 30.3 Å². The molecule has 21 heavy (non-hydrogen) atoms. The molecule has 0 fully saturated rings. The standard InChI is InChI=1S/C17H14N2OS/c1-19(13-7-3-2-4-8-13)17(20)12-11-16-18-14-9-5-6-10-15(14)21-16/h2-12H,1H3/b12-11+. The highest BCUT2D eigenvalue weighted by atomic mass is 32.1. The Morgan fingerprint density at radius 1 is 1.10 bits per heavy atom. The number of carbonyl (C=O) groups is 1. The number of likely N-dealkylation sites (N-methyl/N-ethyl adjacent to an activating group) is 1. The normalized spacial score (nSPS) is 11.1. The lowest BCUT2D eigenvalue weighted by molar-refractivity contribution is -0.113. The molecule has 0 saturated heterocycles. The number of aromatic nitrogens is 1. The molecular formula is C17H14N2OS. The summed E-state index contributed by atoms with van der Waals surface area (Å²) in [5.41, 5.74) is 1.84. The van der Waals surface area contributed by atoms with Gasteiger partial charge in [-0.3, -0.25) is 4.79 Å². The molecule has 4 heteroatoms. The Morgan fingerprint density at radius 2 is 1.81 bits per heavy atom. The van der Waals surface area contributed by atoms with Crippen LogP contribution in [0.15, 0.2) is 60.7 Å². The number of anilines is 1. The minimum atomic E-state index is -0.0690. The molecule has 0 spiro atoms. The van der Waals surface area contributed by atoms with Crippen molar-refractivity contribution >= 4 is 39.2 Å². The van der Waals surface area contributed by atoms with Crippen LogP contribution >= 0.6 is 11.3 Å². The second kappa shape index (κ2) is 5.89. The molecule has 3 nitrogen and oxygen atoms in total. The molecule has 1 amide bonds. The van der Waals surface area contributed by atoms with Crippen LogP contribution in [0.4, 0.5) is 5.69 Å². The molecular weight excluding hydrogens is 280 g/mol. The lowest BCUT2D eigenvalue weighted by Gasteiger charge is -2.14. The van der Waals surface area contributed by atoms with E-state index in [9.17, 15) is 4.79 Å². The summed E-state index contributed by atoms with van der Waals surface area (Å²) in [4.78, 5) is 18.2. The second-order valence-corrected chi connectivity index (χ2v) is 5.65. The zero-order chi connectivity index (χ0) is 14.7. The summed E-state index contributed by atoms with van der Waals surface area (Å²) in [7, 11) is 1.76. The van der Waals surface area contributed by atoms with Gasteiger partial charge in [0.1, 0.15) is 5.01 Å². The van der Waals surface area contributed by atoms with Gasteiger partial charge in [-0.25, -0.2) is 4.98 Å². The molecule has 0 aliphatic carbocycles. The fourth-order valence-corrected chi connectivity index (χ4v) is 2.86. The van der Waals surface area contributed by atoms with Crippen LogP contribution in [-0.2, 0) is 4.79 Å². The Labute approximate surface area is 127 Å². The molecule has 0 bridgehead atoms. The van der Waals surface area contributed by atoms with Gasteiger partial charge in [-0.1, -0.05) is 30.3 Å². The number of hydrogen-bond acceptors (Lipinski definition) is 3. The second-order valence-electron chi connectivity index (χ2n) is 4.59. The molecule has 0 saturated carbocycles. The van der Waals surface area contributed by atoms with Crippen LogP contribution in [0.1, 0.15) is 5.01 Å². The lowest BCUT2D eigenvalue weighted by atomic mass is 10.3. The number of para-hydroxylation sites is 2. The zero-order valence-electron chi connectivity index (χ0n) is 11.6. The molecule has 1 heterocycles. The van der Waals surface area contributed by atoms with Crippen molar-refractivity contribution in [2.24, 2.45) is 0 Å². The Balaban J connectivity index is 1.77. The maximum atomic E-state index is 12.1. The summed E-state index contributed by atoms with van der Waals surface area (Å²) in [5.74, 6) is -0.0690. The first-order valence-electron chi connectivity index (χ1n) is 6.60. The van der Waals surface area contributed by atoms with E-state index >= 15 is 0 Å². The van der Waals surface area contributed by atoms with Crippen LogP contribution in [0.2, 0.25) is 0 Å². The summed E-state index contributed by atoms with van der Waals surface area (Å²) in [6.45, 7) is 0. The van der Waals surface area contributed by atoms with Gasteiger partial charge in [-0.15, -0.1) is 11.3 Å². The highest BCUT2D eigenvalue weighted by Gasteiger charge is 2.07. The third-order valence-corrected chi connectivity index (χ3v) is 4.15. The van der Waals surface area contributed by atoms with E-state index in [0.29, 0.717) is 0 Å². The molecule has 3 rings (SSSR count). The number of hydrogen-bond donors (Lipinski definition) is 0. The molecule has 0 atom stereocenters. The lowest BCUT2D eigenvalue weighted by Crippen LogP contribution is -2.23. The van der Waals surface area contributed by atoms with Crippen LogP contribution in [0.25, 0.3) is 16.3 Å². The summed E-state index contributed by atoms with van der Waals surface area (Å²) in [6, 6.07) is 17.5. The largest absolute Gasteiger partial charge is 0.312 e. The van der Waals surface area contributed by atoms with Gasteiger partial charge in [0.15, 0.2) is 0 Å². The smallest absolute Gasteiger partial charge is 0.250 e. The summed E-state index contributed by atoms with van der Waals surface area (Å²) < 4.78 is 1.13. The van der Waals surface area contributed by atoms with Crippen molar-refractivity contribution < 1.29 is 4.79 Å². The number of fused-ring (bicyclic) bond motifs is 1. The fourth-order valence-electron chi connectivity index (χ4n) is 1.99. The van der Waals surface area contributed by atoms with E-state index in [1.807, 2.05) is 54.6 Å².